The van der Waals surface area contributed by atoms with Crippen molar-refractivity contribution in [2.75, 3.05) is 11.8 Å². The molecule has 24 heavy (non-hydrogen) atoms. The van der Waals surface area contributed by atoms with Gasteiger partial charge >= 0.3 is 5.97 Å². The van der Waals surface area contributed by atoms with E-state index in [0.29, 0.717) is 23.4 Å². The molecule has 2 aromatic carbocycles. The average molecular weight is 357 g/mol. The highest BCUT2D eigenvalue weighted by Crippen LogP contribution is 2.26. The van der Waals surface area contributed by atoms with Crippen LogP contribution in [0.5, 0.6) is 5.75 Å². The van der Waals surface area contributed by atoms with Crippen molar-refractivity contribution in [1.29, 1.82) is 0 Å². The summed E-state index contributed by atoms with van der Waals surface area (Å²) < 4.78 is 58.8. The van der Waals surface area contributed by atoms with Gasteiger partial charge in [-0.05, 0) is 36.8 Å². The highest BCUT2D eigenvalue weighted by atomic mass is 32.2. The molecule has 0 bridgehead atoms. The summed E-state index contributed by atoms with van der Waals surface area (Å²) in [6.45, 7) is 1.51. The van der Waals surface area contributed by atoms with Gasteiger partial charge in [0.25, 0.3) is 10.0 Å². The Morgan fingerprint density at radius 3 is 2.38 bits per heavy atom. The number of rotatable bonds is 5. The molecule has 2 N–H and O–H groups in total. The number of methoxy groups -OCH3 is 1. The number of halogens is 2. The van der Waals surface area contributed by atoms with Gasteiger partial charge in [-0.2, -0.15) is 0 Å². The van der Waals surface area contributed by atoms with E-state index in [2.05, 4.69) is 0 Å². The fourth-order valence-electron chi connectivity index (χ4n) is 2.04. The second-order valence-electron chi connectivity index (χ2n) is 4.85. The predicted molar refractivity (Wildman–Crippen MR) is 81.9 cm³/mol. The van der Waals surface area contributed by atoms with Gasteiger partial charge in [0.05, 0.1) is 23.3 Å². The smallest absolute Gasteiger partial charge is 0.338 e. The van der Waals surface area contributed by atoms with E-state index >= 15 is 0 Å². The zero-order valence-electron chi connectivity index (χ0n) is 12.6. The Labute approximate surface area is 136 Å². The molecule has 0 heterocycles. The lowest BCUT2D eigenvalue weighted by Crippen LogP contribution is -2.16. The zero-order valence-corrected chi connectivity index (χ0v) is 13.4. The van der Waals surface area contributed by atoms with Crippen molar-refractivity contribution in [2.45, 2.75) is 11.8 Å². The zero-order chi connectivity index (χ0) is 18.1. The van der Waals surface area contributed by atoms with E-state index in [-0.39, 0.29) is 4.90 Å². The molecule has 0 amide bonds. The maximum Gasteiger partial charge on any atom is 0.338 e. The molecular weight excluding hydrogens is 344 g/mol. The van der Waals surface area contributed by atoms with E-state index in [9.17, 15) is 22.0 Å². The van der Waals surface area contributed by atoms with Gasteiger partial charge in [-0.3, -0.25) is 4.72 Å². The van der Waals surface area contributed by atoms with Gasteiger partial charge in [0.15, 0.2) is 0 Å². The number of carbonyl (C=O) groups is 1. The minimum absolute atomic E-state index is 0.149. The molecule has 0 aromatic heterocycles. The van der Waals surface area contributed by atoms with Gasteiger partial charge in [0.1, 0.15) is 17.4 Å². The third-order valence-electron chi connectivity index (χ3n) is 3.20. The topological polar surface area (TPSA) is 92.7 Å². The van der Waals surface area contributed by atoms with E-state index in [0.717, 1.165) is 0 Å². The summed E-state index contributed by atoms with van der Waals surface area (Å²) in [6, 6.07) is 5.03. The van der Waals surface area contributed by atoms with Crippen LogP contribution in [0.4, 0.5) is 14.5 Å². The number of carboxylic acids is 1. The third-order valence-corrected chi connectivity index (χ3v) is 4.73. The molecule has 6 nitrogen and oxygen atoms in total. The summed E-state index contributed by atoms with van der Waals surface area (Å²) in [6.07, 6.45) is 0. The third kappa shape index (κ3) is 3.46. The predicted octanol–water partition coefficient (Wildman–Crippen LogP) is 2.78. The molecule has 2 rings (SSSR count). The van der Waals surface area contributed by atoms with Gasteiger partial charge in [-0.15, -0.1) is 0 Å². The van der Waals surface area contributed by atoms with Crippen LogP contribution in [0.3, 0.4) is 0 Å². The lowest BCUT2D eigenvalue weighted by Gasteiger charge is -2.12. The number of anilines is 1. The largest absolute Gasteiger partial charge is 0.497 e. The molecule has 0 saturated carbocycles. The first-order valence-corrected chi connectivity index (χ1v) is 8.04. The molecule has 0 aliphatic carbocycles. The van der Waals surface area contributed by atoms with Crippen molar-refractivity contribution < 1.29 is 31.8 Å². The summed E-state index contributed by atoms with van der Waals surface area (Å²) in [5.41, 5.74) is -1.17. The SMILES string of the molecule is COc1ccc(S(=O)(=O)Nc2cc(C(=O)O)c(F)cc2F)c(C)c1. The minimum Gasteiger partial charge on any atom is -0.497 e. The van der Waals surface area contributed by atoms with E-state index in [4.69, 9.17) is 9.84 Å². The normalized spacial score (nSPS) is 11.2. The van der Waals surface area contributed by atoms with Crippen LogP contribution >= 0.6 is 0 Å². The molecule has 128 valence electrons. The van der Waals surface area contributed by atoms with Crippen molar-refractivity contribution in [3.8, 4) is 5.75 Å². The van der Waals surface area contributed by atoms with Crippen LogP contribution in [0.2, 0.25) is 0 Å². The van der Waals surface area contributed by atoms with E-state index in [1.54, 1.807) is 0 Å². The summed E-state index contributed by atoms with van der Waals surface area (Å²) >= 11 is 0. The minimum atomic E-state index is -4.21. The van der Waals surface area contributed by atoms with E-state index in [1.807, 2.05) is 4.72 Å². The number of hydrogen-bond acceptors (Lipinski definition) is 4. The van der Waals surface area contributed by atoms with Gasteiger partial charge in [0, 0.05) is 6.07 Å². The van der Waals surface area contributed by atoms with Crippen molar-refractivity contribution in [1.82, 2.24) is 0 Å². The maximum absolute atomic E-state index is 13.8. The highest BCUT2D eigenvalue weighted by molar-refractivity contribution is 7.92. The second kappa shape index (κ2) is 6.44. The van der Waals surface area contributed by atoms with Crippen LogP contribution < -0.4 is 9.46 Å². The van der Waals surface area contributed by atoms with Gasteiger partial charge < -0.3 is 9.84 Å². The summed E-state index contributed by atoms with van der Waals surface area (Å²) in [5.74, 6) is -3.74. The number of benzene rings is 2. The molecule has 0 spiro atoms. The number of aryl methyl sites for hydroxylation is 1. The van der Waals surface area contributed by atoms with Crippen LogP contribution in [-0.2, 0) is 10.0 Å². The molecule has 2 aromatic rings. The summed E-state index contributed by atoms with van der Waals surface area (Å²) in [7, 11) is -2.79. The average Bonchev–Trinajstić information content (AvgIpc) is 2.49. The standard InChI is InChI=1S/C15H13F2NO5S/c1-8-5-9(23-2)3-4-14(8)24(21,22)18-13-6-10(15(19)20)11(16)7-12(13)17/h3-7,18H,1-2H3,(H,19,20). The lowest BCUT2D eigenvalue weighted by molar-refractivity contribution is 0.0692. The number of sulfonamides is 1. The van der Waals surface area contributed by atoms with Crippen molar-refractivity contribution in [2.24, 2.45) is 0 Å². The Morgan fingerprint density at radius 1 is 1.17 bits per heavy atom. The number of hydrogen-bond donors (Lipinski definition) is 2. The van der Waals surface area contributed by atoms with Gasteiger partial charge in [-0.25, -0.2) is 22.0 Å². The van der Waals surface area contributed by atoms with E-state index < -0.39 is 38.9 Å². The first-order chi connectivity index (χ1) is 11.2. The Balaban J connectivity index is 2.47. The Morgan fingerprint density at radius 2 is 1.83 bits per heavy atom. The van der Waals surface area contributed by atoms with Gasteiger partial charge in [-0.1, -0.05) is 0 Å². The highest BCUT2D eigenvalue weighted by Gasteiger charge is 2.22. The van der Waals surface area contributed by atoms with E-state index in [1.165, 1.54) is 32.2 Å². The first-order valence-electron chi connectivity index (χ1n) is 6.55. The lowest BCUT2D eigenvalue weighted by atomic mass is 10.2. The Hall–Kier alpha value is -2.68. The fraction of sp³-hybridized carbons (Fsp3) is 0.133. The molecular formula is C15H13F2NO5S. The van der Waals surface area contributed by atoms with Crippen LogP contribution in [-0.4, -0.2) is 26.6 Å². The van der Waals surface area contributed by atoms with Crippen molar-refractivity contribution in [3.63, 3.8) is 0 Å². The summed E-state index contributed by atoms with van der Waals surface area (Å²) in [4.78, 5) is 10.7. The molecule has 0 radical (unpaired) electrons. The van der Waals surface area contributed by atoms with Crippen LogP contribution in [0.1, 0.15) is 15.9 Å². The number of ether oxygens (including phenoxy) is 1. The molecule has 0 aliphatic heterocycles. The van der Waals surface area contributed by atoms with Crippen molar-refractivity contribution in [3.05, 3.63) is 53.1 Å². The molecule has 0 unspecified atom stereocenters. The van der Waals surface area contributed by atoms with Gasteiger partial charge in [0.2, 0.25) is 0 Å². The molecule has 9 heteroatoms. The molecule has 0 atom stereocenters. The Kier molecular flexibility index (Phi) is 4.74. The molecule has 0 aliphatic rings. The molecule has 0 saturated heterocycles. The monoisotopic (exact) mass is 357 g/mol. The fourth-order valence-corrected chi connectivity index (χ4v) is 3.33. The molecule has 0 fully saturated rings. The number of carboxylic acid groups (broad SMARTS) is 1. The quantitative estimate of drug-likeness (QED) is 0.858. The first kappa shape index (κ1) is 17.7. The Bertz CT molecular complexity index is 912. The number of nitrogens with one attached hydrogen (secondary N) is 1. The van der Waals surface area contributed by atoms with Crippen LogP contribution in [0.15, 0.2) is 35.2 Å². The maximum atomic E-state index is 13.8. The van der Waals surface area contributed by atoms with Crippen molar-refractivity contribution >= 4 is 21.7 Å². The van der Waals surface area contributed by atoms with Crippen LogP contribution in [0, 0.1) is 18.6 Å². The second-order valence-corrected chi connectivity index (χ2v) is 6.50. The summed E-state index contributed by atoms with van der Waals surface area (Å²) in [5, 5.41) is 8.84. The number of aromatic carboxylic acids is 1. The van der Waals surface area contributed by atoms with Crippen LogP contribution in [0.25, 0.3) is 0 Å².